The van der Waals surface area contributed by atoms with E-state index in [0.717, 1.165) is 49.3 Å². The van der Waals surface area contributed by atoms with Crippen LogP contribution in [0.3, 0.4) is 0 Å². The minimum absolute atomic E-state index is 0.0562. The van der Waals surface area contributed by atoms with Crippen LogP contribution in [0.25, 0.3) is 5.69 Å². The average molecular weight is 413 g/mol. The summed E-state index contributed by atoms with van der Waals surface area (Å²) >= 11 is 0. The quantitative estimate of drug-likeness (QED) is 0.594. The van der Waals surface area contributed by atoms with E-state index >= 15 is 0 Å². The van der Waals surface area contributed by atoms with E-state index in [-0.39, 0.29) is 11.3 Å². The number of anilines is 1. The van der Waals surface area contributed by atoms with Crippen LogP contribution >= 0.6 is 0 Å². The van der Waals surface area contributed by atoms with E-state index in [0.29, 0.717) is 5.56 Å². The predicted molar refractivity (Wildman–Crippen MR) is 124 cm³/mol. The normalized spacial score (nSPS) is 22.0. The second-order valence-electron chi connectivity index (χ2n) is 8.77. The van der Waals surface area contributed by atoms with E-state index in [4.69, 9.17) is 0 Å². The summed E-state index contributed by atoms with van der Waals surface area (Å²) in [5.74, 6) is 0.0562. The van der Waals surface area contributed by atoms with Gasteiger partial charge in [-0.25, -0.2) is 4.68 Å². The molecule has 1 atom stereocenters. The molecule has 5 rings (SSSR count). The van der Waals surface area contributed by atoms with Crippen LogP contribution in [0.2, 0.25) is 0 Å². The van der Waals surface area contributed by atoms with Gasteiger partial charge >= 0.3 is 0 Å². The van der Waals surface area contributed by atoms with Crippen LogP contribution in [0.15, 0.2) is 65.8 Å². The molecule has 1 saturated carbocycles. The van der Waals surface area contributed by atoms with Crippen molar-refractivity contribution >= 4 is 17.3 Å². The van der Waals surface area contributed by atoms with Crippen molar-refractivity contribution in [2.24, 2.45) is 10.4 Å². The van der Waals surface area contributed by atoms with Gasteiger partial charge in [-0.05, 0) is 81.0 Å². The van der Waals surface area contributed by atoms with Crippen molar-refractivity contribution in [3.8, 4) is 5.69 Å². The zero-order valence-corrected chi connectivity index (χ0v) is 18.2. The molecule has 2 heterocycles. The van der Waals surface area contributed by atoms with Gasteiger partial charge in [-0.2, -0.15) is 5.10 Å². The summed E-state index contributed by atoms with van der Waals surface area (Å²) in [7, 11) is 1.92. The van der Waals surface area contributed by atoms with Gasteiger partial charge in [0.05, 0.1) is 11.4 Å². The van der Waals surface area contributed by atoms with E-state index < -0.39 is 0 Å². The summed E-state index contributed by atoms with van der Waals surface area (Å²) < 4.78 is 1.83. The number of rotatable bonds is 2. The number of aliphatic imine (C=N–C) groups is 1. The minimum Gasteiger partial charge on any atom is -0.308 e. The van der Waals surface area contributed by atoms with Crippen molar-refractivity contribution in [2.75, 3.05) is 18.5 Å². The molecular formula is C26H28N4O. The third kappa shape index (κ3) is 3.48. The predicted octanol–water partition coefficient (Wildman–Crippen LogP) is 5.01. The molecule has 1 aliphatic heterocycles. The highest BCUT2D eigenvalue weighted by molar-refractivity contribution is 6.07. The van der Waals surface area contributed by atoms with Crippen molar-refractivity contribution in [1.82, 2.24) is 9.78 Å². The maximum atomic E-state index is 13.6. The number of fused-ring (bicyclic) bond motifs is 1. The molecule has 1 amide bonds. The number of hydrogen-bond donors (Lipinski definition) is 0. The largest absolute Gasteiger partial charge is 0.308 e. The van der Waals surface area contributed by atoms with Gasteiger partial charge in [-0.3, -0.25) is 9.79 Å². The van der Waals surface area contributed by atoms with E-state index in [1.54, 1.807) is 0 Å². The SMILES string of the molecule is CN=C1CCCC12CCN(C(=O)c1ccc(-n3ccc(C)n3)cc1)c1ccccc1C2. The molecule has 0 radical (unpaired) electrons. The van der Waals surface area contributed by atoms with E-state index in [9.17, 15) is 4.79 Å². The van der Waals surface area contributed by atoms with E-state index in [1.807, 2.05) is 66.1 Å². The Morgan fingerprint density at radius 2 is 1.87 bits per heavy atom. The Kier molecular flexibility index (Phi) is 4.97. The standard InChI is InChI=1S/C26H28N4O/c1-19-13-16-30(28-19)22-11-9-20(10-12-22)25(31)29-17-15-26(14-5-8-24(26)27-2)18-21-6-3-4-7-23(21)29/h3-4,6-7,9-13,16H,5,8,14-15,17-18H2,1-2H3. The van der Waals surface area contributed by atoms with Crippen molar-refractivity contribution in [1.29, 1.82) is 0 Å². The van der Waals surface area contributed by atoms with Crippen molar-refractivity contribution in [3.63, 3.8) is 0 Å². The van der Waals surface area contributed by atoms with Crippen LogP contribution in [0.5, 0.6) is 0 Å². The van der Waals surface area contributed by atoms with Gasteiger partial charge in [0.25, 0.3) is 5.91 Å². The van der Waals surface area contributed by atoms with Crippen LogP contribution in [0.1, 0.15) is 47.3 Å². The zero-order valence-electron chi connectivity index (χ0n) is 18.2. The fourth-order valence-electron chi connectivity index (χ4n) is 5.32. The number of hydrogen-bond acceptors (Lipinski definition) is 3. The molecule has 1 aliphatic carbocycles. The Bertz CT molecular complexity index is 1140. The number of aryl methyl sites for hydroxylation is 1. The number of carbonyl (C=O) groups excluding carboxylic acids is 1. The van der Waals surface area contributed by atoms with Crippen LogP contribution in [-0.2, 0) is 6.42 Å². The number of aromatic nitrogens is 2. The molecule has 5 heteroatoms. The lowest BCUT2D eigenvalue weighted by atomic mass is 9.76. The summed E-state index contributed by atoms with van der Waals surface area (Å²) in [4.78, 5) is 20.2. The maximum absolute atomic E-state index is 13.6. The average Bonchev–Trinajstić information content (AvgIpc) is 3.36. The molecule has 3 aromatic rings. The number of nitrogens with zero attached hydrogens (tertiary/aromatic N) is 4. The highest BCUT2D eigenvalue weighted by Crippen LogP contribution is 2.46. The molecule has 2 aromatic carbocycles. The van der Waals surface area contributed by atoms with Crippen molar-refractivity contribution in [3.05, 3.63) is 77.6 Å². The third-order valence-electron chi connectivity index (χ3n) is 6.92. The lowest BCUT2D eigenvalue weighted by Gasteiger charge is -2.29. The van der Waals surface area contributed by atoms with E-state index in [2.05, 4.69) is 28.3 Å². The van der Waals surface area contributed by atoms with Crippen molar-refractivity contribution in [2.45, 2.75) is 39.0 Å². The molecule has 5 nitrogen and oxygen atoms in total. The number of para-hydroxylation sites is 1. The van der Waals surface area contributed by atoms with E-state index in [1.165, 1.54) is 17.7 Å². The monoisotopic (exact) mass is 412 g/mol. The minimum atomic E-state index is 0.0562. The summed E-state index contributed by atoms with van der Waals surface area (Å²) in [5, 5.41) is 4.45. The zero-order chi connectivity index (χ0) is 21.4. The molecule has 1 spiro atoms. The van der Waals surface area contributed by atoms with Crippen LogP contribution < -0.4 is 4.90 Å². The first-order valence-corrected chi connectivity index (χ1v) is 11.1. The molecular weight excluding hydrogens is 384 g/mol. The number of benzene rings is 2. The molecule has 31 heavy (non-hydrogen) atoms. The topological polar surface area (TPSA) is 50.5 Å². The van der Waals surface area contributed by atoms with Gasteiger partial charge in [0.2, 0.25) is 0 Å². The van der Waals surface area contributed by atoms with Gasteiger partial charge in [0.15, 0.2) is 0 Å². The van der Waals surface area contributed by atoms with Gasteiger partial charge in [0.1, 0.15) is 0 Å². The smallest absolute Gasteiger partial charge is 0.258 e. The second kappa shape index (κ2) is 7.80. The highest BCUT2D eigenvalue weighted by Gasteiger charge is 2.42. The molecule has 1 aromatic heterocycles. The first-order valence-electron chi connectivity index (χ1n) is 11.1. The molecule has 1 fully saturated rings. The number of carbonyl (C=O) groups is 1. The lowest BCUT2D eigenvalue weighted by Crippen LogP contribution is -2.35. The highest BCUT2D eigenvalue weighted by atomic mass is 16.2. The fourth-order valence-corrected chi connectivity index (χ4v) is 5.32. The third-order valence-corrected chi connectivity index (χ3v) is 6.92. The molecule has 0 bridgehead atoms. The van der Waals surface area contributed by atoms with Crippen LogP contribution in [0, 0.1) is 12.3 Å². The Hall–Kier alpha value is -3.21. The Morgan fingerprint density at radius 1 is 1.06 bits per heavy atom. The molecule has 158 valence electrons. The Balaban J connectivity index is 1.46. The van der Waals surface area contributed by atoms with Gasteiger partial charge in [-0.1, -0.05) is 18.2 Å². The Labute approximate surface area is 183 Å². The van der Waals surface area contributed by atoms with Crippen LogP contribution in [-0.4, -0.2) is 35.0 Å². The first-order chi connectivity index (χ1) is 15.1. The molecule has 1 unspecified atom stereocenters. The summed E-state index contributed by atoms with van der Waals surface area (Å²) in [6.45, 7) is 2.69. The second-order valence-corrected chi connectivity index (χ2v) is 8.77. The number of amides is 1. The lowest BCUT2D eigenvalue weighted by molar-refractivity contribution is 0.0985. The first kappa shape index (κ1) is 19.7. The fraction of sp³-hybridized carbons (Fsp3) is 0.346. The van der Waals surface area contributed by atoms with Crippen molar-refractivity contribution < 1.29 is 4.79 Å². The van der Waals surface area contributed by atoms with Gasteiger partial charge in [-0.15, -0.1) is 0 Å². The summed E-state index contributed by atoms with van der Waals surface area (Å²) in [5.41, 5.74) is 6.34. The van der Waals surface area contributed by atoms with Crippen LogP contribution in [0.4, 0.5) is 5.69 Å². The van der Waals surface area contributed by atoms with Gasteiger partial charge < -0.3 is 4.90 Å². The molecule has 0 saturated heterocycles. The van der Waals surface area contributed by atoms with Gasteiger partial charge in [0, 0.05) is 42.2 Å². The molecule has 2 aliphatic rings. The maximum Gasteiger partial charge on any atom is 0.258 e. The summed E-state index contributed by atoms with van der Waals surface area (Å²) in [6.07, 6.45) is 7.30. The molecule has 0 N–H and O–H groups in total. The Morgan fingerprint density at radius 3 is 2.61 bits per heavy atom. The summed E-state index contributed by atoms with van der Waals surface area (Å²) in [6, 6.07) is 18.1.